The third-order valence-electron chi connectivity index (χ3n) is 4.10. The van der Waals surface area contributed by atoms with E-state index in [1.165, 1.54) is 0 Å². The Bertz CT molecular complexity index is 1250. The maximum Gasteiger partial charge on any atom is 0.261 e. The van der Waals surface area contributed by atoms with Gasteiger partial charge in [0.2, 0.25) is 0 Å². The first-order valence-corrected chi connectivity index (χ1v) is 11.4. The Hall–Kier alpha value is -1.60. The summed E-state index contributed by atoms with van der Waals surface area (Å²) in [4.78, 5) is -0.539. The summed E-state index contributed by atoms with van der Waals surface area (Å²) in [5.41, 5.74) is 0. The van der Waals surface area contributed by atoms with Crippen LogP contribution in [0.4, 0.5) is 0 Å². The molecule has 4 nitrogen and oxygen atoms in total. The fourth-order valence-corrected chi connectivity index (χ4v) is 5.39. The molecule has 0 saturated heterocycles. The number of hydrogen-bond acceptors (Lipinski definition) is 4. The predicted molar refractivity (Wildman–Crippen MR) is 96.2 cm³/mol. The van der Waals surface area contributed by atoms with Gasteiger partial charge in [0.15, 0.2) is 0 Å². The van der Waals surface area contributed by atoms with Gasteiger partial charge < -0.3 is 0 Å². The standard InChI is InChI=1S/C16H8Cl2O4S2/c17-23(19,20)13-8-14(24(18,21)22)12-7-5-10-3-1-2-9-4-6-11(13)16(12)15(9)10/h1-8H. The van der Waals surface area contributed by atoms with E-state index >= 15 is 0 Å². The van der Waals surface area contributed by atoms with Gasteiger partial charge in [0.1, 0.15) is 0 Å². The van der Waals surface area contributed by atoms with Gasteiger partial charge in [-0.15, -0.1) is 0 Å². The molecule has 0 heterocycles. The first-order valence-electron chi connectivity index (χ1n) is 6.78. The lowest BCUT2D eigenvalue weighted by molar-refractivity contribution is 0.609. The van der Waals surface area contributed by atoms with Crippen LogP contribution in [0.5, 0.6) is 0 Å². The highest BCUT2D eigenvalue weighted by atomic mass is 35.7. The van der Waals surface area contributed by atoms with E-state index in [1.807, 2.05) is 18.2 Å². The maximum atomic E-state index is 12.0. The quantitative estimate of drug-likeness (QED) is 0.369. The molecule has 0 amide bonds. The van der Waals surface area contributed by atoms with Crippen molar-refractivity contribution in [3.63, 3.8) is 0 Å². The lowest BCUT2D eigenvalue weighted by atomic mass is 9.94. The molecule has 0 unspecified atom stereocenters. The van der Waals surface area contributed by atoms with Crippen molar-refractivity contribution in [3.8, 4) is 0 Å². The second-order valence-electron chi connectivity index (χ2n) is 5.43. The Balaban J connectivity index is 2.44. The summed E-state index contributed by atoms with van der Waals surface area (Å²) in [5, 5.41) is 3.77. The van der Waals surface area contributed by atoms with Crippen molar-refractivity contribution < 1.29 is 16.8 Å². The SMILES string of the molecule is O=S(=O)(Cl)c1cc(S(=O)(=O)Cl)c2ccc3cccc4ccc1c2c43. The summed E-state index contributed by atoms with van der Waals surface area (Å²) < 4.78 is 47.9. The summed E-state index contributed by atoms with van der Waals surface area (Å²) in [5.74, 6) is 0. The highest BCUT2D eigenvalue weighted by Crippen LogP contribution is 2.41. The molecule has 4 aromatic rings. The predicted octanol–water partition coefficient (Wildman–Crippen LogP) is 4.44. The molecule has 4 aromatic carbocycles. The van der Waals surface area contributed by atoms with Crippen molar-refractivity contribution in [2.75, 3.05) is 0 Å². The monoisotopic (exact) mass is 398 g/mol. The molecule has 122 valence electrons. The summed E-state index contributed by atoms with van der Waals surface area (Å²) in [6, 6.07) is 13.5. The Morgan fingerprint density at radius 1 is 0.625 bits per heavy atom. The van der Waals surface area contributed by atoms with E-state index in [9.17, 15) is 16.8 Å². The van der Waals surface area contributed by atoms with Crippen LogP contribution in [0.1, 0.15) is 0 Å². The molecule has 0 radical (unpaired) electrons. The van der Waals surface area contributed by atoms with Crippen LogP contribution in [0.3, 0.4) is 0 Å². The van der Waals surface area contributed by atoms with E-state index in [1.54, 1.807) is 24.3 Å². The third kappa shape index (κ3) is 2.25. The zero-order valence-electron chi connectivity index (χ0n) is 11.8. The molecule has 0 aliphatic heterocycles. The van der Waals surface area contributed by atoms with Gasteiger partial charge in [-0.05, 0) is 22.2 Å². The second kappa shape index (κ2) is 4.95. The Morgan fingerprint density at radius 3 is 1.50 bits per heavy atom. The average molecular weight is 399 g/mol. The van der Waals surface area contributed by atoms with Gasteiger partial charge in [-0.3, -0.25) is 0 Å². The Labute approximate surface area is 146 Å². The summed E-state index contributed by atoms with van der Waals surface area (Å²) in [6.45, 7) is 0. The number of benzene rings is 4. The minimum atomic E-state index is -4.16. The molecule has 4 rings (SSSR count). The van der Waals surface area contributed by atoms with E-state index < -0.39 is 18.1 Å². The lowest BCUT2D eigenvalue weighted by Crippen LogP contribution is -2.00. The van der Waals surface area contributed by atoms with E-state index in [-0.39, 0.29) is 9.79 Å². The zero-order valence-corrected chi connectivity index (χ0v) is 15.0. The topological polar surface area (TPSA) is 68.3 Å². The molecule has 0 fully saturated rings. The first kappa shape index (κ1) is 15.9. The van der Waals surface area contributed by atoms with Gasteiger partial charge in [-0.2, -0.15) is 0 Å². The highest BCUT2D eigenvalue weighted by molar-refractivity contribution is 8.14. The van der Waals surface area contributed by atoms with E-state index in [2.05, 4.69) is 0 Å². The van der Waals surface area contributed by atoms with Crippen LogP contribution in [0.25, 0.3) is 32.3 Å². The zero-order chi connectivity index (χ0) is 17.3. The van der Waals surface area contributed by atoms with E-state index in [4.69, 9.17) is 21.4 Å². The van der Waals surface area contributed by atoms with Crippen LogP contribution in [0, 0.1) is 0 Å². The Morgan fingerprint density at radius 2 is 1.08 bits per heavy atom. The summed E-state index contributed by atoms with van der Waals surface area (Å²) in [6.07, 6.45) is 0. The van der Waals surface area contributed by atoms with Crippen LogP contribution in [0.2, 0.25) is 0 Å². The molecule has 8 heteroatoms. The minimum Gasteiger partial charge on any atom is -0.207 e. The fourth-order valence-electron chi connectivity index (χ4n) is 3.17. The molecule has 0 saturated carbocycles. The van der Waals surface area contributed by atoms with Gasteiger partial charge in [0, 0.05) is 37.5 Å². The lowest BCUT2D eigenvalue weighted by Gasteiger charge is -2.14. The van der Waals surface area contributed by atoms with Crippen molar-refractivity contribution in [2.45, 2.75) is 9.79 Å². The number of halogens is 2. The largest absolute Gasteiger partial charge is 0.261 e. The normalized spacial score (nSPS) is 13.2. The number of rotatable bonds is 2. The van der Waals surface area contributed by atoms with Crippen molar-refractivity contribution in [1.29, 1.82) is 0 Å². The van der Waals surface area contributed by atoms with E-state index in [0.717, 1.165) is 22.2 Å². The van der Waals surface area contributed by atoms with Crippen LogP contribution in [-0.2, 0) is 18.1 Å². The summed E-state index contributed by atoms with van der Waals surface area (Å²) in [7, 11) is 2.75. The van der Waals surface area contributed by atoms with Crippen molar-refractivity contribution in [2.24, 2.45) is 0 Å². The molecular formula is C16H8Cl2O4S2. The maximum absolute atomic E-state index is 12.0. The highest BCUT2D eigenvalue weighted by Gasteiger charge is 2.25. The molecule has 0 aliphatic carbocycles. The van der Waals surface area contributed by atoms with Crippen molar-refractivity contribution >= 4 is 71.8 Å². The molecule has 24 heavy (non-hydrogen) atoms. The second-order valence-corrected chi connectivity index (χ2v) is 10.5. The first-order chi connectivity index (χ1) is 11.2. The average Bonchev–Trinajstić information content (AvgIpc) is 2.50. The summed E-state index contributed by atoms with van der Waals surface area (Å²) >= 11 is 0. The molecule has 0 N–H and O–H groups in total. The van der Waals surface area contributed by atoms with Crippen LogP contribution >= 0.6 is 21.4 Å². The molecule has 0 aromatic heterocycles. The molecule has 0 aliphatic rings. The minimum absolute atomic E-state index is 0.269. The van der Waals surface area contributed by atoms with Crippen molar-refractivity contribution in [1.82, 2.24) is 0 Å². The smallest absolute Gasteiger partial charge is 0.207 e. The number of hydrogen-bond donors (Lipinski definition) is 0. The van der Waals surface area contributed by atoms with Gasteiger partial charge in [0.25, 0.3) is 18.1 Å². The van der Waals surface area contributed by atoms with Crippen LogP contribution in [-0.4, -0.2) is 16.8 Å². The fraction of sp³-hybridized carbons (Fsp3) is 0. The Kier molecular flexibility index (Phi) is 3.28. The molecule has 0 spiro atoms. The van der Waals surface area contributed by atoms with Crippen LogP contribution in [0.15, 0.2) is 58.3 Å². The molecular weight excluding hydrogens is 391 g/mol. The van der Waals surface area contributed by atoms with Gasteiger partial charge in [-0.25, -0.2) is 16.8 Å². The molecule has 0 bridgehead atoms. The molecule has 0 atom stereocenters. The van der Waals surface area contributed by atoms with Gasteiger partial charge in [0.05, 0.1) is 9.79 Å². The van der Waals surface area contributed by atoms with Gasteiger partial charge >= 0.3 is 0 Å². The van der Waals surface area contributed by atoms with E-state index in [0.29, 0.717) is 16.2 Å². The van der Waals surface area contributed by atoms with Crippen molar-refractivity contribution in [3.05, 3.63) is 48.5 Å². The van der Waals surface area contributed by atoms with Crippen LogP contribution < -0.4 is 0 Å². The third-order valence-corrected chi connectivity index (χ3v) is 6.82. The van der Waals surface area contributed by atoms with Gasteiger partial charge in [-0.1, -0.05) is 42.5 Å².